The Morgan fingerprint density at radius 3 is 2.73 bits per heavy atom. The molecule has 3 N–H and O–H groups in total. The van der Waals surface area contributed by atoms with Crippen LogP contribution in [0.15, 0.2) is 42.5 Å². The molecule has 1 amide bonds. The molecular formula is C16H16F2N2O2. The molecule has 0 unspecified atom stereocenters. The van der Waals surface area contributed by atoms with Crippen molar-refractivity contribution in [3.63, 3.8) is 0 Å². The number of anilines is 2. The summed E-state index contributed by atoms with van der Waals surface area (Å²) in [7, 11) is 0. The molecule has 0 aliphatic heterocycles. The predicted octanol–water partition coefficient (Wildman–Crippen LogP) is 3.34. The average Bonchev–Trinajstić information content (AvgIpc) is 2.49. The standard InChI is InChI=1S/C16H16F2N2O2/c17-11-7-8-12(18)14(10-11)20-16(21)6-3-9-22-15-5-2-1-4-13(15)19/h1-2,4-5,7-8,10H,3,6,9,19H2,(H,20,21). The van der Waals surface area contributed by atoms with Gasteiger partial charge in [-0.1, -0.05) is 12.1 Å². The molecule has 0 heterocycles. The van der Waals surface area contributed by atoms with Gasteiger partial charge in [-0.25, -0.2) is 8.78 Å². The summed E-state index contributed by atoms with van der Waals surface area (Å²) >= 11 is 0. The molecule has 2 aromatic carbocycles. The second kappa shape index (κ2) is 7.40. The van der Waals surface area contributed by atoms with E-state index >= 15 is 0 Å². The first kappa shape index (κ1) is 15.8. The number of hydrogen-bond donors (Lipinski definition) is 2. The summed E-state index contributed by atoms with van der Waals surface area (Å²) in [5.74, 6) is -1.14. The molecule has 116 valence electrons. The number of benzene rings is 2. The molecule has 2 rings (SSSR count). The monoisotopic (exact) mass is 306 g/mol. The van der Waals surface area contributed by atoms with Crippen LogP contribution < -0.4 is 15.8 Å². The van der Waals surface area contributed by atoms with Gasteiger partial charge >= 0.3 is 0 Å². The van der Waals surface area contributed by atoms with Crippen molar-refractivity contribution < 1.29 is 18.3 Å². The second-order valence-electron chi connectivity index (χ2n) is 4.66. The minimum atomic E-state index is -0.678. The number of amides is 1. The van der Waals surface area contributed by atoms with Crippen molar-refractivity contribution in [2.24, 2.45) is 0 Å². The van der Waals surface area contributed by atoms with Crippen molar-refractivity contribution in [2.75, 3.05) is 17.7 Å². The number of nitrogen functional groups attached to an aromatic ring is 1. The van der Waals surface area contributed by atoms with Gasteiger partial charge in [0.05, 0.1) is 18.0 Å². The molecule has 0 atom stereocenters. The first-order valence-corrected chi connectivity index (χ1v) is 6.78. The lowest BCUT2D eigenvalue weighted by molar-refractivity contribution is -0.116. The molecule has 0 aromatic heterocycles. The van der Waals surface area contributed by atoms with E-state index in [4.69, 9.17) is 10.5 Å². The SMILES string of the molecule is Nc1ccccc1OCCCC(=O)Nc1cc(F)ccc1F. The van der Waals surface area contributed by atoms with E-state index in [2.05, 4.69) is 5.32 Å². The quantitative estimate of drug-likeness (QED) is 0.635. The summed E-state index contributed by atoms with van der Waals surface area (Å²) in [4.78, 5) is 11.7. The first-order chi connectivity index (χ1) is 10.6. The van der Waals surface area contributed by atoms with Gasteiger partial charge in [0.15, 0.2) is 0 Å². The number of ether oxygens (including phenoxy) is 1. The van der Waals surface area contributed by atoms with Gasteiger partial charge in [-0.15, -0.1) is 0 Å². The fraction of sp³-hybridized carbons (Fsp3) is 0.188. The minimum absolute atomic E-state index is 0.128. The van der Waals surface area contributed by atoms with E-state index in [1.165, 1.54) is 0 Å². The molecule has 0 saturated carbocycles. The minimum Gasteiger partial charge on any atom is -0.491 e. The number of rotatable bonds is 6. The van der Waals surface area contributed by atoms with Crippen LogP contribution in [0.5, 0.6) is 5.75 Å². The molecule has 0 radical (unpaired) electrons. The van der Waals surface area contributed by atoms with Crippen LogP contribution in [0.25, 0.3) is 0 Å². The molecule has 0 aliphatic rings. The Hall–Kier alpha value is -2.63. The highest BCUT2D eigenvalue weighted by Gasteiger charge is 2.08. The predicted molar refractivity (Wildman–Crippen MR) is 80.6 cm³/mol. The molecular weight excluding hydrogens is 290 g/mol. The van der Waals surface area contributed by atoms with E-state index in [9.17, 15) is 13.6 Å². The summed E-state index contributed by atoms with van der Waals surface area (Å²) in [5, 5.41) is 2.33. The average molecular weight is 306 g/mol. The van der Waals surface area contributed by atoms with Gasteiger partial charge in [0.2, 0.25) is 5.91 Å². The van der Waals surface area contributed by atoms with Gasteiger partial charge in [-0.05, 0) is 30.7 Å². The van der Waals surface area contributed by atoms with Crippen LogP contribution >= 0.6 is 0 Å². The third kappa shape index (κ3) is 4.44. The van der Waals surface area contributed by atoms with Crippen LogP contribution in [-0.4, -0.2) is 12.5 Å². The Labute approximate surface area is 126 Å². The van der Waals surface area contributed by atoms with Crippen LogP contribution in [0.1, 0.15) is 12.8 Å². The molecule has 0 aliphatic carbocycles. The van der Waals surface area contributed by atoms with Crippen LogP contribution in [-0.2, 0) is 4.79 Å². The Morgan fingerprint density at radius 1 is 1.18 bits per heavy atom. The van der Waals surface area contributed by atoms with E-state index in [-0.39, 0.29) is 12.1 Å². The van der Waals surface area contributed by atoms with Crippen molar-refractivity contribution in [1.82, 2.24) is 0 Å². The highest BCUT2D eigenvalue weighted by molar-refractivity contribution is 5.90. The van der Waals surface area contributed by atoms with Crippen molar-refractivity contribution in [3.05, 3.63) is 54.1 Å². The number of para-hydroxylation sites is 2. The number of nitrogens with two attached hydrogens (primary N) is 1. The highest BCUT2D eigenvalue weighted by atomic mass is 19.1. The van der Waals surface area contributed by atoms with E-state index in [0.717, 1.165) is 18.2 Å². The molecule has 6 heteroatoms. The maximum Gasteiger partial charge on any atom is 0.224 e. The summed E-state index contributed by atoms with van der Waals surface area (Å²) in [6.07, 6.45) is 0.555. The number of carbonyl (C=O) groups excluding carboxylic acids is 1. The normalized spacial score (nSPS) is 10.3. The molecule has 0 bridgehead atoms. The van der Waals surface area contributed by atoms with Crippen LogP contribution in [0.2, 0.25) is 0 Å². The van der Waals surface area contributed by atoms with Crippen molar-refractivity contribution in [1.29, 1.82) is 0 Å². The zero-order chi connectivity index (χ0) is 15.9. The molecule has 0 spiro atoms. The Balaban J connectivity index is 1.76. The Kier molecular flexibility index (Phi) is 5.30. The summed E-state index contributed by atoms with van der Waals surface area (Å²) in [6, 6.07) is 9.93. The maximum atomic E-state index is 13.4. The zero-order valence-corrected chi connectivity index (χ0v) is 11.8. The van der Waals surface area contributed by atoms with Gasteiger partial charge in [0, 0.05) is 12.5 Å². The molecule has 2 aromatic rings. The fourth-order valence-electron chi connectivity index (χ4n) is 1.83. The van der Waals surface area contributed by atoms with Crippen molar-refractivity contribution in [3.8, 4) is 5.75 Å². The van der Waals surface area contributed by atoms with Gasteiger partial charge in [-0.3, -0.25) is 4.79 Å². The lowest BCUT2D eigenvalue weighted by Gasteiger charge is -2.09. The molecule has 0 fully saturated rings. The fourth-order valence-corrected chi connectivity index (χ4v) is 1.83. The Morgan fingerprint density at radius 2 is 1.95 bits per heavy atom. The van der Waals surface area contributed by atoms with Gasteiger partial charge < -0.3 is 15.8 Å². The smallest absolute Gasteiger partial charge is 0.224 e. The largest absolute Gasteiger partial charge is 0.491 e. The van der Waals surface area contributed by atoms with E-state index in [1.54, 1.807) is 24.3 Å². The summed E-state index contributed by atoms with van der Waals surface area (Å²) < 4.78 is 31.8. The highest BCUT2D eigenvalue weighted by Crippen LogP contribution is 2.20. The van der Waals surface area contributed by atoms with Gasteiger partial charge in [0.1, 0.15) is 17.4 Å². The number of carbonyl (C=O) groups is 1. The Bertz CT molecular complexity index is 662. The second-order valence-corrected chi connectivity index (χ2v) is 4.66. The van der Waals surface area contributed by atoms with Gasteiger partial charge in [-0.2, -0.15) is 0 Å². The van der Waals surface area contributed by atoms with Crippen molar-refractivity contribution >= 4 is 17.3 Å². The first-order valence-electron chi connectivity index (χ1n) is 6.78. The van der Waals surface area contributed by atoms with E-state index in [0.29, 0.717) is 24.5 Å². The molecule has 4 nitrogen and oxygen atoms in total. The molecule has 0 saturated heterocycles. The van der Waals surface area contributed by atoms with E-state index < -0.39 is 17.5 Å². The zero-order valence-electron chi connectivity index (χ0n) is 11.8. The van der Waals surface area contributed by atoms with Crippen molar-refractivity contribution in [2.45, 2.75) is 12.8 Å². The van der Waals surface area contributed by atoms with Gasteiger partial charge in [0.25, 0.3) is 0 Å². The lowest BCUT2D eigenvalue weighted by atomic mass is 10.2. The third-order valence-corrected chi connectivity index (χ3v) is 2.93. The van der Waals surface area contributed by atoms with E-state index in [1.807, 2.05) is 0 Å². The topological polar surface area (TPSA) is 64.3 Å². The maximum absolute atomic E-state index is 13.4. The summed E-state index contributed by atoms with van der Waals surface area (Å²) in [6.45, 7) is 0.299. The molecule has 22 heavy (non-hydrogen) atoms. The number of nitrogens with one attached hydrogen (secondary N) is 1. The van der Waals surface area contributed by atoms with Crippen LogP contribution in [0.3, 0.4) is 0 Å². The number of halogens is 2. The van der Waals surface area contributed by atoms with Crippen LogP contribution in [0, 0.1) is 11.6 Å². The van der Waals surface area contributed by atoms with Crippen LogP contribution in [0.4, 0.5) is 20.2 Å². The third-order valence-electron chi connectivity index (χ3n) is 2.93. The summed E-state index contributed by atoms with van der Waals surface area (Å²) in [5.41, 5.74) is 6.07. The number of hydrogen-bond acceptors (Lipinski definition) is 3. The lowest BCUT2D eigenvalue weighted by Crippen LogP contribution is -2.14.